The summed E-state index contributed by atoms with van der Waals surface area (Å²) >= 11 is 0. The van der Waals surface area contributed by atoms with Crippen molar-refractivity contribution in [3.05, 3.63) is 0 Å². The van der Waals surface area contributed by atoms with Crippen molar-refractivity contribution in [2.75, 3.05) is 40.3 Å². The molecule has 114 valence electrons. The number of nitrogens with one attached hydrogen (secondary N) is 1. The summed E-state index contributed by atoms with van der Waals surface area (Å²) in [5.74, 6) is 1.48. The standard InChI is InChI=1S/C16H35N3/c1-13(2)11-17-12-14(3)15(4)19-9-7-16(8-10-19)18(5)6/h13-17H,7-12H2,1-6H3. The molecule has 3 heteroatoms. The van der Waals surface area contributed by atoms with E-state index in [1.165, 1.54) is 25.9 Å². The second kappa shape index (κ2) is 8.23. The minimum Gasteiger partial charge on any atom is -0.316 e. The van der Waals surface area contributed by atoms with Gasteiger partial charge in [0.1, 0.15) is 0 Å². The van der Waals surface area contributed by atoms with E-state index in [2.05, 4.69) is 56.9 Å². The Morgan fingerprint density at radius 2 is 1.63 bits per heavy atom. The third kappa shape index (κ3) is 5.80. The molecule has 1 fully saturated rings. The summed E-state index contributed by atoms with van der Waals surface area (Å²) in [6.07, 6.45) is 2.65. The van der Waals surface area contributed by atoms with Crippen molar-refractivity contribution in [3.63, 3.8) is 0 Å². The second-order valence-corrected chi connectivity index (χ2v) is 7.00. The molecule has 1 aliphatic rings. The minimum atomic E-state index is 0.697. The number of hydrogen-bond donors (Lipinski definition) is 1. The summed E-state index contributed by atoms with van der Waals surface area (Å²) in [4.78, 5) is 5.07. The topological polar surface area (TPSA) is 18.5 Å². The maximum Gasteiger partial charge on any atom is 0.0113 e. The molecule has 0 aromatic carbocycles. The van der Waals surface area contributed by atoms with E-state index in [1.807, 2.05) is 0 Å². The van der Waals surface area contributed by atoms with Crippen molar-refractivity contribution in [2.24, 2.45) is 11.8 Å². The van der Waals surface area contributed by atoms with Gasteiger partial charge in [-0.1, -0.05) is 20.8 Å². The summed E-state index contributed by atoms with van der Waals surface area (Å²) in [5.41, 5.74) is 0. The van der Waals surface area contributed by atoms with E-state index in [4.69, 9.17) is 0 Å². The normalized spacial score (nSPS) is 22.1. The Hall–Kier alpha value is -0.120. The third-order valence-electron chi connectivity index (χ3n) is 4.65. The van der Waals surface area contributed by atoms with E-state index < -0.39 is 0 Å². The van der Waals surface area contributed by atoms with Gasteiger partial charge in [-0.2, -0.15) is 0 Å². The van der Waals surface area contributed by atoms with Gasteiger partial charge < -0.3 is 15.1 Å². The van der Waals surface area contributed by atoms with Gasteiger partial charge in [0, 0.05) is 12.1 Å². The van der Waals surface area contributed by atoms with Crippen molar-refractivity contribution in [1.29, 1.82) is 0 Å². The number of likely N-dealkylation sites (tertiary alicyclic amines) is 1. The maximum absolute atomic E-state index is 3.60. The molecule has 0 aliphatic carbocycles. The van der Waals surface area contributed by atoms with Gasteiger partial charge in [-0.25, -0.2) is 0 Å². The zero-order valence-corrected chi connectivity index (χ0v) is 13.9. The van der Waals surface area contributed by atoms with E-state index >= 15 is 0 Å². The average molecular weight is 269 g/mol. The van der Waals surface area contributed by atoms with Crippen LogP contribution in [0.1, 0.15) is 40.5 Å². The van der Waals surface area contributed by atoms with Crippen LogP contribution in [0.2, 0.25) is 0 Å². The molecule has 1 heterocycles. The first kappa shape index (κ1) is 16.9. The first-order valence-electron chi connectivity index (χ1n) is 8.03. The van der Waals surface area contributed by atoms with Crippen molar-refractivity contribution >= 4 is 0 Å². The summed E-state index contributed by atoms with van der Waals surface area (Å²) in [6.45, 7) is 14.1. The smallest absolute Gasteiger partial charge is 0.0113 e. The van der Waals surface area contributed by atoms with Gasteiger partial charge in [0.2, 0.25) is 0 Å². The lowest BCUT2D eigenvalue weighted by atomic mass is 9.97. The fraction of sp³-hybridized carbons (Fsp3) is 1.00. The van der Waals surface area contributed by atoms with E-state index in [-0.39, 0.29) is 0 Å². The molecule has 19 heavy (non-hydrogen) atoms. The fourth-order valence-electron chi connectivity index (χ4n) is 2.94. The Morgan fingerprint density at radius 1 is 1.05 bits per heavy atom. The molecular weight excluding hydrogens is 234 g/mol. The van der Waals surface area contributed by atoms with Crippen LogP contribution < -0.4 is 5.32 Å². The van der Waals surface area contributed by atoms with Crippen LogP contribution in [-0.4, -0.2) is 62.2 Å². The first-order chi connectivity index (χ1) is 8.91. The molecule has 1 rings (SSSR count). The molecule has 0 spiro atoms. The minimum absolute atomic E-state index is 0.697. The van der Waals surface area contributed by atoms with E-state index in [9.17, 15) is 0 Å². The van der Waals surface area contributed by atoms with Crippen molar-refractivity contribution < 1.29 is 0 Å². The van der Waals surface area contributed by atoms with Crippen LogP contribution in [0, 0.1) is 11.8 Å². The highest BCUT2D eigenvalue weighted by molar-refractivity contribution is 4.82. The Balaban J connectivity index is 2.27. The van der Waals surface area contributed by atoms with Crippen LogP contribution in [-0.2, 0) is 0 Å². The first-order valence-corrected chi connectivity index (χ1v) is 8.03. The van der Waals surface area contributed by atoms with Crippen molar-refractivity contribution in [1.82, 2.24) is 15.1 Å². The Morgan fingerprint density at radius 3 is 2.11 bits per heavy atom. The monoisotopic (exact) mass is 269 g/mol. The lowest BCUT2D eigenvalue weighted by Gasteiger charge is -2.40. The lowest BCUT2D eigenvalue weighted by Crippen LogP contribution is -2.48. The predicted molar refractivity (Wildman–Crippen MR) is 84.6 cm³/mol. The van der Waals surface area contributed by atoms with Gasteiger partial charge in [-0.05, 0) is 71.9 Å². The molecule has 1 N–H and O–H groups in total. The highest BCUT2D eigenvalue weighted by Gasteiger charge is 2.26. The van der Waals surface area contributed by atoms with Crippen LogP contribution >= 0.6 is 0 Å². The van der Waals surface area contributed by atoms with Crippen molar-refractivity contribution in [3.8, 4) is 0 Å². The molecular formula is C16H35N3. The Bertz CT molecular complexity index is 232. The van der Waals surface area contributed by atoms with Gasteiger partial charge in [0.05, 0.1) is 0 Å². The van der Waals surface area contributed by atoms with Gasteiger partial charge in [-0.15, -0.1) is 0 Å². The Labute approximate surface area is 120 Å². The van der Waals surface area contributed by atoms with Crippen LogP contribution in [0.15, 0.2) is 0 Å². The fourth-order valence-corrected chi connectivity index (χ4v) is 2.94. The van der Waals surface area contributed by atoms with Gasteiger partial charge in [-0.3, -0.25) is 0 Å². The van der Waals surface area contributed by atoms with E-state index in [0.717, 1.165) is 31.0 Å². The number of piperidine rings is 1. The second-order valence-electron chi connectivity index (χ2n) is 7.00. The maximum atomic E-state index is 3.60. The molecule has 0 aromatic heterocycles. The SMILES string of the molecule is CC(C)CNCC(C)C(C)N1CCC(N(C)C)CC1. The zero-order valence-electron chi connectivity index (χ0n) is 13.9. The van der Waals surface area contributed by atoms with E-state index in [0.29, 0.717) is 6.04 Å². The quantitative estimate of drug-likeness (QED) is 0.765. The number of rotatable bonds is 7. The van der Waals surface area contributed by atoms with Crippen LogP contribution in [0.25, 0.3) is 0 Å². The molecule has 2 atom stereocenters. The molecule has 1 aliphatic heterocycles. The summed E-state index contributed by atoms with van der Waals surface area (Å²) in [7, 11) is 4.42. The molecule has 2 unspecified atom stereocenters. The van der Waals surface area contributed by atoms with Gasteiger partial charge in [0.25, 0.3) is 0 Å². The molecule has 0 bridgehead atoms. The largest absolute Gasteiger partial charge is 0.316 e. The summed E-state index contributed by atoms with van der Waals surface area (Å²) < 4.78 is 0. The zero-order chi connectivity index (χ0) is 14.4. The van der Waals surface area contributed by atoms with E-state index in [1.54, 1.807) is 0 Å². The molecule has 0 radical (unpaired) electrons. The molecule has 1 saturated heterocycles. The number of hydrogen-bond acceptors (Lipinski definition) is 3. The highest BCUT2D eigenvalue weighted by atomic mass is 15.2. The van der Waals surface area contributed by atoms with Crippen molar-refractivity contribution in [2.45, 2.75) is 52.6 Å². The lowest BCUT2D eigenvalue weighted by molar-refractivity contribution is 0.0911. The van der Waals surface area contributed by atoms with Gasteiger partial charge >= 0.3 is 0 Å². The Kier molecular flexibility index (Phi) is 7.33. The van der Waals surface area contributed by atoms with Crippen LogP contribution in [0.4, 0.5) is 0 Å². The molecule has 0 aromatic rings. The third-order valence-corrected chi connectivity index (χ3v) is 4.65. The molecule has 0 amide bonds. The summed E-state index contributed by atoms with van der Waals surface area (Å²) in [6, 6.07) is 1.49. The average Bonchev–Trinajstić information content (AvgIpc) is 2.37. The molecule has 0 saturated carbocycles. The highest BCUT2D eigenvalue weighted by Crippen LogP contribution is 2.19. The predicted octanol–water partition coefficient (Wildman–Crippen LogP) is 2.28. The van der Waals surface area contributed by atoms with Crippen LogP contribution in [0.5, 0.6) is 0 Å². The van der Waals surface area contributed by atoms with Gasteiger partial charge in [0.15, 0.2) is 0 Å². The molecule has 3 nitrogen and oxygen atoms in total. The number of nitrogens with zero attached hydrogens (tertiary/aromatic N) is 2. The van der Waals surface area contributed by atoms with Crippen LogP contribution in [0.3, 0.4) is 0 Å². The summed E-state index contributed by atoms with van der Waals surface area (Å²) in [5, 5.41) is 3.60.